The van der Waals surface area contributed by atoms with Crippen molar-refractivity contribution in [2.24, 2.45) is 16.5 Å². The van der Waals surface area contributed by atoms with Gasteiger partial charge in [0.15, 0.2) is 12.0 Å². The standard InChI is InChI=1S/C27H33N9O4/c1-26(2)9-11-40-19-14(6-5-7-15(19)26)22(38)32-18-13-36-25(29)33-17(12-31-23(39)16-8-3-4-10-30-16)20-27(36,21(18)37)35-24(28)34-20/h3-8,10,17-18,20-21,37H,9,11-13H2,1-2H3,(H2,29,33)(H,31,39)(H,32,38)(H3,28,34,35)/p+1/t17-,18+,20?,21+,27?/m0/s1. The molecular weight excluding hydrogens is 514 g/mol. The maximum atomic E-state index is 13.5. The van der Waals surface area contributed by atoms with Crippen molar-refractivity contribution in [3.05, 3.63) is 59.4 Å². The van der Waals surface area contributed by atoms with Gasteiger partial charge >= 0.3 is 5.96 Å². The van der Waals surface area contributed by atoms with E-state index in [1.165, 1.54) is 6.20 Å². The maximum Gasteiger partial charge on any atom is 0.343 e. The van der Waals surface area contributed by atoms with Crippen molar-refractivity contribution in [1.82, 2.24) is 25.8 Å². The van der Waals surface area contributed by atoms with Gasteiger partial charge < -0.3 is 31.1 Å². The molecule has 5 atom stereocenters. The number of benzene rings is 1. The topological polar surface area (TPSA) is 194 Å². The number of amides is 2. The number of hydrogen-bond donors (Lipinski definition) is 7. The number of para-hydroxylation sites is 1. The molecular formula is C27H34N9O4+. The van der Waals surface area contributed by atoms with Crippen molar-refractivity contribution in [1.29, 1.82) is 0 Å². The van der Waals surface area contributed by atoms with Crippen molar-refractivity contribution in [3.63, 3.8) is 0 Å². The highest BCUT2D eigenvalue weighted by molar-refractivity contribution is 5.98. The quantitative estimate of drug-likeness (QED) is 0.205. The van der Waals surface area contributed by atoms with Crippen LogP contribution in [-0.2, 0) is 5.41 Å². The van der Waals surface area contributed by atoms with Crippen LogP contribution >= 0.6 is 0 Å². The first-order valence-electron chi connectivity index (χ1n) is 13.3. The number of guanidine groups is 2. The Morgan fingerprint density at radius 1 is 1.23 bits per heavy atom. The zero-order chi connectivity index (χ0) is 28.2. The summed E-state index contributed by atoms with van der Waals surface area (Å²) < 4.78 is 5.93. The number of ether oxygens (including phenoxy) is 1. The first-order valence-corrected chi connectivity index (χ1v) is 13.3. The van der Waals surface area contributed by atoms with E-state index in [1.54, 1.807) is 29.2 Å². The number of nitrogens with two attached hydrogens (primary N) is 2. The largest absolute Gasteiger partial charge is 0.492 e. The van der Waals surface area contributed by atoms with Crippen molar-refractivity contribution in [2.45, 2.75) is 55.6 Å². The summed E-state index contributed by atoms with van der Waals surface area (Å²) in [6.07, 6.45) is 1.26. The van der Waals surface area contributed by atoms with Crippen LogP contribution in [0, 0.1) is 0 Å². The van der Waals surface area contributed by atoms with Gasteiger partial charge in [-0.05, 0) is 30.0 Å². The highest BCUT2D eigenvalue weighted by Crippen LogP contribution is 2.41. The molecule has 1 fully saturated rings. The van der Waals surface area contributed by atoms with Crippen LogP contribution < -0.4 is 37.1 Å². The summed E-state index contributed by atoms with van der Waals surface area (Å²) >= 11 is 0. The van der Waals surface area contributed by atoms with E-state index in [2.05, 4.69) is 44.8 Å². The zero-order valence-corrected chi connectivity index (χ0v) is 22.3. The second kappa shape index (κ2) is 9.37. The molecule has 0 saturated carbocycles. The molecule has 1 spiro atoms. The van der Waals surface area contributed by atoms with Gasteiger partial charge in [0.2, 0.25) is 5.66 Å². The van der Waals surface area contributed by atoms with E-state index in [1.807, 2.05) is 12.1 Å². The summed E-state index contributed by atoms with van der Waals surface area (Å²) in [5.41, 5.74) is 12.9. The lowest BCUT2D eigenvalue weighted by molar-refractivity contribution is -0.513. The number of fused-ring (bicyclic) bond motifs is 1. The molecule has 6 rings (SSSR count). The Hall–Kier alpha value is -4.39. The van der Waals surface area contributed by atoms with Crippen molar-refractivity contribution in [2.75, 3.05) is 19.7 Å². The Morgan fingerprint density at radius 2 is 2.05 bits per heavy atom. The van der Waals surface area contributed by atoms with Gasteiger partial charge in [-0.2, -0.15) is 0 Å². The maximum absolute atomic E-state index is 13.5. The number of nitrogens with zero attached hydrogens (tertiary/aromatic N) is 3. The van der Waals surface area contributed by atoms with Crippen LogP contribution in [-0.4, -0.2) is 88.3 Å². The van der Waals surface area contributed by atoms with Gasteiger partial charge in [0.05, 0.1) is 18.2 Å². The Labute approximate surface area is 231 Å². The number of aromatic nitrogens is 1. The summed E-state index contributed by atoms with van der Waals surface area (Å²) in [6.45, 7) is 5.08. The van der Waals surface area contributed by atoms with Gasteiger partial charge in [-0.1, -0.05) is 32.0 Å². The van der Waals surface area contributed by atoms with Crippen molar-refractivity contribution in [3.8, 4) is 5.75 Å². The fraction of sp³-hybridized carbons (Fsp3) is 0.444. The van der Waals surface area contributed by atoms with Gasteiger partial charge in [-0.15, -0.1) is 0 Å². The highest BCUT2D eigenvalue weighted by Gasteiger charge is 2.68. The van der Waals surface area contributed by atoms with Crippen LogP contribution in [0.2, 0.25) is 0 Å². The molecule has 1 aromatic heterocycles. The Bertz CT molecular complexity index is 1410. The van der Waals surface area contributed by atoms with E-state index < -0.39 is 29.9 Å². The van der Waals surface area contributed by atoms with E-state index in [0.717, 1.165) is 12.0 Å². The molecule has 0 radical (unpaired) electrons. The average Bonchev–Trinajstić information content (AvgIpc) is 3.43. The highest BCUT2D eigenvalue weighted by atomic mass is 16.5. The monoisotopic (exact) mass is 548 g/mol. The van der Waals surface area contributed by atoms with E-state index in [4.69, 9.17) is 16.2 Å². The average molecular weight is 549 g/mol. The number of rotatable bonds is 5. The number of carbonyl (C=O) groups excluding carboxylic acids is 2. The van der Waals surface area contributed by atoms with E-state index in [0.29, 0.717) is 17.9 Å². The predicted molar refractivity (Wildman–Crippen MR) is 145 cm³/mol. The molecule has 9 N–H and O–H groups in total. The Kier molecular flexibility index (Phi) is 6.06. The number of pyridine rings is 1. The van der Waals surface area contributed by atoms with Crippen LogP contribution in [0.5, 0.6) is 5.75 Å². The first kappa shape index (κ1) is 25.9. The number of hydrogen-bond acceptors (Lipinski definition) is 10. The second-order valence-corrected chi connectivity index (χ2v) is 11.3. The second-order valence-electron chi connectivity index (χ2n) is 11.3. The molecule has 2 amide bonds. The van der Waals surface area contributed by atoms with Crippen molar-refractivity contribution < 1.29 is 24.4 Å². The lowest BCUT2D eigenvalue weighted by Gasteiger charge is -2.43. The molecule has 40 heavy (non-hydrogen) atoms. The first-order chi connectivity index (χ1) is 19.1. The van der Waals surface area contributed by atoms with E-state index >= 15 is 0 Å². The summed E-state index contributed by atoms with van der Waals surface area (Å²) in [5, 5.41) is 20.7. The third-order valence-electron chi connectivity index (χ3n) is 8.39. The Balaban J connectivity index is 1.23. The molecule has 1 aromatic carbocycles. The molecule has 0 bridgehead atoms. The number of aliphatic hydroxyl groups excluding tert-OH is 1. The van der Waals surface area contributed by atoms with Gasteiger partial charge in [-0.25, -0.2) is 10.3 Å². The molecule has 210 valence electrons. The smallest absolute Gasteiger partial charge is 0.343 e. The number of nitrogens with one attached hydrogen (secondary N) is 4. The fourth-order valence-corrected chi connectivity index (χ4v) is 6.27. The molecule has 1 saturated heterocycles. The van der Waals surface area contributed by atoms with Crippen LogP contribution in [0.1, 0.15) is 46.7 Å². The minimum atomic E-state index is -1.19. The third kappa shape index (κ3) is 3.99. The minimum Gasteiger partial charge on any atom is -0.492 e. The summed E-state index contributed by atoms with van der Waals surface area (Å²) in [4.78, 5) is 39.7. The summed E-state index contributed by atoms with van der Waals surface area (Å²) in [7, 11) is 0. The zero-order valence-electron chi connectivity index (χ0n) is 22.3. The van der Waals surface area contributed by atoms with Crippen LogP contribution in [0.3, 0.4) is 0 Å². The molecule has 5 heterocycles. The SMILES string of the molecule is CC1(C)CCOc2c(C(=O)N[C@@H]3CN4C(N)=N[C@@H](CNC(=O)c5ccccn5)C5[NH+]=C(N)NC54[C@@H]3O)cccc21. The Morgan fingerprint density at radius 3 is 2.83 bits per heavy atom. The molecule has 4 aliphatic heterocycles. The van der Waals surface area contributed by atoms with Gasteiger partial charge in [0, 0.05) is 24.8 Å². The summed E-state index contributed by atoms with van der Waals surface area (Å²) in [6, 6.07) is 8.78. The molecule has 4 aliphatic rings. The number of aliphatic hydroxyl groups is 1. The fourth-order valence-electron chi connectivity index (χ4n) is 6.27. The molecule has 13 heteroatoms. The van der Waals surface area contributed by atoms with Crippen LogP contribution in [0.15, 0.2) is 47.6 Å². The summed E-state index contributed by atoms with van der Waals surface area (Å²) in [5.74, 6) is 0.252. The lowest BCUT2D eigenvalue weighted by Crippen LogP contribution is -2.88. The lowest BCUT2D eigenvalue weighted by atomic mass is 9.79. The van der Waals surface area contributed by atoms with E-state index in [9.17, 15) is 14.7 Å². The minimum absolute atomic E-state index is 0.116. The molecule has 0 aliphatic carbocycles. The van der Waals surface area contributed by atoms with Gasteiger partial charge in [0.1, 0.15) is 23.6 Å². The molecule has 2 unspecified atom stereocenters. The van der Waals surface area contributed by atoms with Crippen LogP contribution in [0.4, 0.5) is 0 Å². The predicted octanol–water partition coefficient (Wildman–Crippen LogP) is -2.89. The molecule has 13 nitrogen and oxygen atoms in total. The third-order valence-corrected chi connectivity index (χ3v) is 8.39. The number of aliphatic imine (C=N–C) groups is 1. The van der Waals surface area contributed by atoms with Gasteiger partial charge in [-0.3, -0.25) is 25.3 Å². The van der Waals surface area contributed by atoms with Gasteiger partial charge in [0.25, 0.3) is 11.8 Å². The van der Waals surface area contributed by atoms with Crippen LogP contribution in [0.25, 0.3) is 0 Å². The number of carbonyl (C=O) groups is 2. The van der Waals surface area contributed by atoms with E-state index in [-0.39, 0.29) is 47.9 Å². The van der Waals surface area contributed by atoms with Crippen molar-refractivity contribution >= 4 is 23.7 Å². The normalized spacial score (nSPS) is 29.5. The molecule has 2 aromatic rings.